The summed E-state index contributed by atoms with van der Waals surface area (Å²) in [5.41, 5.74) is 2.19. The van der Waals surface area contributed by atoms with E-state index in [-0.39, 0.29) is 0 Å². The topological polar surface area (TPSA) is 58.3 Å². The molecule has 0 spiro atoms. The Morgan fingerprint density at radius 2 is 1.83 bits per heavy atom. The number of aliphatic imine (C=N–C) groups is 1. The summed E-state index contributed by atoms with van der Waals surface area (Å²) >= 11 is 12.2. The van der Waals surface area contributed by atoms with Crippen molar-refractivity contribution in [2.45, 2.75) is 26.6 Å². The molecule has 1 heterocycles. The minimum absolute atomic E-state index is 0.524. The average Bonchev–Trinajstić information content (AvgIpc) is 3.03. The summed E-state index contributed by atoms with van der Waals surface area (Å²) in [6.07, 6.45) is 0. The summed E-state index contributed by atoms with van der Waals surface area (Å²) in [6.45, 7) is 3.66. The van der Waals surface area contributed by atoms with E-state index in [4.69, 9.17) is 28.2 Å². The van der Waals surface area contributed by atoms with E-state index in [1.54, 1.807) is 0 Å². The smallest absolute Gasteiger partial charge is 0.194 e. The van der Waals surface area contributed by atoms with Crippen LogP contribution >= 0.6 is 23.2 Å². The Bertz CT molecular complexity index is 984. The van der Waals surface area contributed by atoms with E-state index >= 15 is 0 Å². The molecule has 2 aromatic carbocycles. The first-order valence-corrected chi connectivity index (χ1v) is 10.0. The second-order valence-electron chi connectivity index (χ2n) is 6.81. The van der Waals surface area contributed by atoms with Crippen molar-refractivity contribution >= 4 is 29.2 Å². The summed E-state index contributed by atoms with van der Waals surface area (Å²) < 4.78 is 1.96. The van der Waals surface area contributed by atoms with Crippen LogP contribution in [0.15, 0.2) is 53.5 Å². The molecule has 3 aromatic rings. The number of aryl methyl sites for hydroxylation is 1. The molecule has 3 rings (SSSR count). The van der Waals surface area contributed by atoms with Gasteiger partial charge in [-0.25, -0.2) is 4.99 Å². The van der Waals surface area contributed by atoms with Crippen molar-refractivity contribution < 1.29 is 0 Å². The van der Waals surface area contributed by atoms with Crippen LogP contribution in [0.1, 0.15) is 22.8 Å². The van der Waals surface area contributed by atoms with E-state index in [0.29, 0.717) is 29.7 Å². The molecule has 0 bridgehead atoms. The molecule has 6 nitrogen and oxygen atoms in total. The van der Waals surface area contributed by atoms with E-state index in [9.17, 15) is 0 Å². The van der Waals surface area contributed by atoms with Crippen LogP contribution in [0, 0.1) is 6.92 Å². The molecule has 152 valence electrons. The fourth-order valence-corrected chi connectivity index (χ4v) is 3.13. The quantitative estimate of drug-likeness (QED) is 0.469. The number of aromatic nitrogens is 3. The highest BCUT2D eigenvalue weighted by Crippen LogP contribution is 2.23. The van der Waals surface area contributed by atoms with E-state index in [1.165, 1.54) is 0 Å². The first-order valence-electron chi connectivity index (χ1n) is 9.26. The number of nitrogens with one attached hydrogen (secondary N) is 1. The van der Waals surface area contributed by atoms with Crippen LogP contribution < -0.4 is 5.32 Å². The molecular formula is C21H24Cl2N6. The van der Waals surface area contributed by atoms with Gasteiger partial charge < -0.3 is 14.8 Å². The van der Waals surface area contributed by atoms with Gasteiger partial charge in [0.15, 0.2) is 11.8 Å². The Kier molecular flexibility index (Phi) is 7.12. The van der Waals surface area contributed by atoms with Gasteiger partial charge >= 0.3 is 0 Å². The van der Waals surface area contributed by atoms with Gasteiger partial charge in [-0.2, -0.15) is 0 Å². The lowest BCUT2D eigenvalue weighted by Gasteiger charge is -2.23. The Hall–Kier alpha value is -2.57. The maximum atomic E-state index is 6.16. The lowest BCUT2D eigenvalue weighted by Crippen LogP contribution is -2.38. The number of hydrogen-bond acceptors (Lipinski definition) is 3. The zero-order valence-electron chi connectivity index (χ0n) is 16.7. The van der Waals surface area contributed by atoms with Crippen molar-refractivity contribution in [3.63, 3.8) is 0 Å². The molecule has 0 atom stereocenters. The molecule has 0 aliphatic rings. The Morgan fingerprint density at radius 3 is 2.48 bits per heavy atom. The normalized spacial score (nSPS) is 11.6. The van der Waals surface area contributed by atoms with Crippen molar-refractivity contribution in [2.75, 3.05) is 7.05 Å². The van der Waals surface area contributed by atoms with E-state index in [2.05, 4.69) is 27.6 Å². The second-order valence-corrected chi connectivity index (χ2v) is 7.62. The fourth-order valence-electron chi connectivity index (χ4n) is 2.81. The van der Waals surface area contributed by atoms with Gasteiger partial charge in [0.25, 0.3) is 0 Å². The molecule has 1 aromatic heterocycles. The molecule has 0 fully saturated rings. The van der Waals surface area contributed by atoms with Crippen molar-refractivity contribution in [1.82, 2.24) is 25.0 Å². The summed E-state index contributed by atoms with van der Waals surface area (Å²) in [4.78, 5) is 6.84. The SMILES string of the molecule is Cc1nnc(CNC(=NCc2ccccc2)N(C)Cc2ccc(Cl)c(Cl)c2)n1C. The summed E-state index contributed by atoms with van der Waals surface area (Å²) in [7, 11) is 3.94. The third kappa shape index (κ3) is 5.71. The third-order valence-corrected chi connectivity index (χ3v) is 5.35. The molecule has 0 aliphatic heterocycles. The van der Waals surface area contributed by atoms with Gasteiger partial charge in [0, 0.05) is 20.6 Å². The van der Waals surface area contributed by atoms with E-state index < -0.39 is 0 Å². The first-order chi connectivity index (χ1) is 13.9. The van der Waals surface area contributed by atoms with Crippen LogP contribution in [-0.2, 0) is 26.7 Å². The average molecular weight is 431 g/mol. The van der Waals surface area contributed by atoms with Gasteiger partial charge in [-0.05, 0) is 30.2 Å². The van der Waals surface area contributed by atoms with Gasteiger partial charge in [-0.15, -0.1) is 10.2 Å². The Labute approximate surface area is 181 Å². The summed E-state index contributed by atoms with van der Waals surface area (Å²) in [6, 6.07) is 15.8. The van der Waals surface area contributed by atoms with Crippen molar-refractivity contribution in [1.29, 1.82) is 0 Å². The van der Waals surface area contributed by atoms with Crippen LogP contribution in [0.2, 0.25) is 10.0 Å². The van der Waals surface area contributed by atoms with Gasteiger partial charge in [0.05, 0.1) is 23.1 Å². The standard InChI is InChI=1S/C21H24Cl2N6/c1-15-26-27-20(29(15)3)13-25-21(24-12-16-7-5-4-6-8-16)28(2)14-17-9-10-18(22)19(23)11-17/h4-11H,12-14H2,1-3H3,(H,24,25). The van der Waals surface area contributed by atoms with Gasteiger partial charge in [-0.3, -0.25) is 0 Å². The van der Waals surface area contributed by atoms with Crippen molar-refractivity contribution in [3.05, 3.63) is 81.4 Å². The monoisotopic (exact) mass is 430 g/mol. The Balaban J connectivity index is 1.76. The largest absolute Gasteiger partial charge is 0.349 e. The van der Waals surface area contributed by atoms with E-state index in [1.807, 2.05) is 66.9 Å². The molecule has 8 heteroatoms. The number of halogens is 2. The molecule has 0 aliphatic carbocycles. The number of hydrogen-bond donors (Lipinski definition) is 1. The highest BCUT2D eigenvalue weighted by molar-refractivity contribution is 6.42. The zero-order chi connectivity index (χ0) is 20.8. The van der Waals surface area contributed by atoms with Gasteiger partial charge in [-0.1, -0.05) is 59.6 Å². The van der Waals surface area contributed by atoms with Crippen molar-refractivity contribution in [2.24, 2.45) is 12.0 Å². The van der Waals surface area contributed by atoms with Crippen LogP contribution in [0.5, 0.6) is 0 Å². The van der Waals surface area contributed by atoms with Gasteiger partial charge in [0.1, 0.15) is 5.82 Å². The highest BCUT2D eigenvalue weighted by atomic mass is 35.5. The molecular weight excluding hydrogens is 407 g/mol. The van der Waals surface area contributed by atoms with Crippen LogP contribution in [0.4, 0.5) is 0 Å². The van der Waals surface area contributed by atoms with E-state index in [0.717, 1.165) is 28.7 Å². The van der Waals surface area contributed by atoms with Gasteiger partial charge in [0.2, 0.25) is 0 Å². The minimum atomic E-state index is 0.524. The molecule has 0 amide bonds. The first kappa shape index (κ1) is 21.1. The van der Waals surface area contributed by atoms with Crippen LogP contribution in [0.25, 0.3) is 0 Å². The van der Waals surface area contributed by atoms with Crippen LogP contribution in [-0.4, -0.2) is 32.7 Å². The maximum Gasteiger partial charge on any atom is 0.194 e. The highest BCUT2D eigenvalue weighted by Gasteiger charge is 2.11. The predicted molar refractivity (Wildman–Crippen MR) is 118 cm³/mol. The number of nitrogens with zero attached hydrogens (tertiary/aromatic N) is 5. The minimum Gasteiger partial charge on any atom is -0.349 e. The molecule has 29 heavy (non-hydrogen) atoms. The third-order valence-electron chi connectivity index (χ3n) is 4.61. The fraction of sp³-hybridized carbons (Fsp3) is 0.286. The van der Waals surface area contributed by atoms with Crippen molar-refractivity contribution in [3.8, 4) is 0 Å². The molecule has 1 N–H and O–H groups in total. The molecule has 0 saturated carbocycles. The summed E-state index contributed by atoms with van der Waals surface area (Å²) in [5, 5.41) is 12.8. The predicted octanol–water partition coefficient (Wildman–Crippen LogP) is 4.21. The molecule has 0 saturated heterocycles. The molecule has 0 radical (unpaired) electrons. The maximum absolute atomic E-state index is 6.16. The lowest BCUT2D eigenvalue weighted by atomic mass is 10.2. The van der Waals surface area contributed by atoms with Crippen LogP contribution in [0.3, 0.4) is 0 Å². The number of guanidine groups is 1. The lowest BCUT2D eigenvalue weighted by molar-refractivity contribution is 0.472. The molecule has 0 unspecified atom stereocenters. The number of rotatable bonds is 6. The Morgan fingerprint density at radius 1 is 1.07 bits per heavy atom. The summed E-state index contributed by atoms with van der Waals surface area (Å²) in [5.74, 6) is 2.48. The zero-order valence-corrected chi connectivity index (χ0v) is 18.2. The second kappa shape index (κ2) is 9.76. The number of benzene rings is 2.